The number of benzene rings is 1. The van der Waals surface area contributed by atoms with E-state index in [1.54, 1.807) is 0 Å². The van der Waals surface area contributed by atoms with E-state index in [-0.39, 0.29) is 0 Å². The maximum absolute atomic E-state index is 3.53. The van der Waals surface area contributed by atoms with Crippen molar-refractivity contribution in [3.05, 3.63) is 35.9 Å². The molecule has 0 amide bonds. The topological polar surface area (TPSA) is 12.0 Å². The number of aryl methyl sites for hydroxylation is 1. The molecule has 1 aliphatic carbocycles. The second-order valence-corrected chi connectivity index (χ2v) is 5.32. The number of hydrogen-bond acceptors (Lipinski definition) is 1. The van der Waals surface area contributed by atoms with Gasteiger partial charge in [-0.25, -0.2) is 0 Å². The van der Waals surface area contributed by atoms with Gasteiger partial charge in [0.05, 0.1) is 0 Å². The maximum atomic E-state index is 3.53. The zero-order chi connectivity index (χ0) is 11.9. The molecular weight excluding hydrogens is 206 g/mol. The molecule has 0 saturated heterocycles. The largest absolute Gasteiger partial charge is 0.317 e. The molecule has 1 fully saturated rings. The van der Waals surface area contributed by atoms with Gasteiger partial charge in [0.15, 0.2) is 0 Å². The molecule has 2 atom stereocenters. The van der Waals surface area contributed by atoms with Crippen LogP contribution in [0.3, 0.4) is 0 Å². The Morgan fingerprint density at radius 2 is 1.82 bits per heavy atom. The van der Waals surface area contributed by atoms with Crippen molar-refractivity contribution in [3.8, 4) is 0 Å². The number of nitrogens with one attached hydrogen (secondary N) is 1. The van der Waals surface area contributed by atoms with Crippen LogP contribution in [0.15, 0.2) is 30.3 Å². The first-order valence-corrected chi connectivity index (χ1v) is 7.11. The summed E-state index contributed by atoms with van der Waals surface area (Å²) in [7, 11) is 2.13. The second-order valence-electron chi connectivity index (χ2n) is 5.32. The summed E-state index contributed by atoms with van der Waals surface area (Å²) in [6.45, 7) is 0. The highest BCUT2D eigenvalue weighted by atomic mass is 14.9. The molecule has 17 heavy (non-hydrogen) atoms. The van der Waals surface area contributed by atoms with Gasteiger partial charge in [-0.3, -0.25) is 0 Å². The van der Waals surface area contributed by atoms with E-state index >= 15 is 0 Å². The SMILES string of the molecule is CNC1CCCCCC1CCc1ccccc1. The Hall–Kier alpha value is -0.820. The summed E-state index contributed by atoms with van der Waals surface area (Å²) < 4.78 is 0. The van der Waals surface area contributed by atoms with Crippen LogP contribution in [-0.2, 0) is 6.42 Å². The second kappa shape index (κ2) is 6.80. The Labute approximate surface area is 106 Å². The molecule has 94 valence electrons. The predicted octanol–water partition coefficient (Wildman–Crippen LogP) is 3.79. The standard InChI is InChI=1S/C16H25N/c1-17-16-11-7-3-6-10-15(16)13-12-14-8-4-2-5-9-14/h2,4-5,8-9,15-17H,3,6-7,10-13H2,1H3. The van der Waals surface area contributed by atoms with Gasteiger partial charge in [0.2, 0.25) is 0 Å². The van der Waals surface area contributed by atoms with Crippen molar-refractivity contribution in [1.82, 2.24) is 5.32 Å². The van der Waals surface area contributed by atoms with Crippen LogP contribution in [0.5, 0.6) is 0 Å². The van der Waals surface area contributed by atoms with Crippen LogP contribution in [0.25, 0.3) is 0 Å². The monoisotopic (exact) mass is 231 g/mol. The van der Waals surface area contributed by atoms with Crippen molar-refractivity contribution in [2.45, 2.75) is 51.0 Å². The van der Waals surface area contributed by atoms with E-state index in [1.807, 2.05) is 0 Å². The highest BCUT2D eigenvalue weighted by molar-refractivity contribution is 5.14. The zero-order valence-corrected chi connectivity index (χ0v) is 11.0. The summed E-state index contributed by atoms with van der Waals surface area (Å²) in [5.74, 6) is 0.878. The van der Waals surface area contributed by atoms with Gasteiger partial charge in [-0.1, -0.05) is 49.6 Å². The third-order valence-corrected chi connectivity index (χ3v) is 4.18. The summed E-state index contributed by atoms with van der Waals surface area (Å²) >= 11 is 0. The molecule has 0 spiro atoms. The summed E-state index contributed by atoms with van der Waals surface area (Å²) in [6.07, 6.45) is 9.64. The van der Waals surface area contributed by atoms with E-state index < -0.39 is 0 Å². The molecule has 2 rings (SSSR count). The fraction of sp³-hybridized carbons (Fsp3) is 0.625. The van der Waals surface area contributed by atoms with Gasteiger partial charge in [-0.2, -0.15) is 0 Å². The van der Waals surface area contributed by atoms with E-state index in [0.717, 1.165) is 12.0 Å². The van der Waals surface area contributed by atoms with Crippen molar-refractivity contribution in [1.29, 1.82) is 0 Å². The molecule has 0 radical (unpaired) electrons. The minimum Gasteiger partial charge on any atom is -0.317 e. The van der Waals surface area contributed by atoms with Gasteiger partial charge in [0.25, 0.3) is 0 Å². The van der Waals surface area contributed by atoms with Crippen LogP contribution in [0.4, 0.5) is 0 Å². The molecule has 2 unspecified atom stereocenters. The quantitative estimate of drug-likeness (QED) is 0.777. The van der Waals surface area contributed by atoms with Gasteiger partial charge in [0, 0.05) is 6.04 Å². The van der Waals surface area contributed by atoms with E-state index in [2.05, 4.69) is 42.7 Å². The normalized spacial score (nSPS) is 25.5. The number of rotatable bonds is 4. The smallest absolute Gasteiger partial charge is 0.00924 e. The molecule has 1 nitrogen and oxygen atoms in total. The van der Waals surface area contributed by atoms with Crippen molar-refractivity contribution in [3.63, 3.8) is 0 Å². The molecule has 0 aliphatic heterocycles. The van der Waals surface area contributed by atoms with Crippen molar-refractivity contribution in [2.75, 3.05) is 7.05 Å². The molecule has 0 heterocycles. The van der Waals surface area contributed by atoms with Gasteiger partial charge >= 0.3 is 0 Å². The van der Waals surface area contributed by atoms with Crippen molar-refractivity contribution in [2.24, 2.45) is 5.92 Å². The lowest BCUT2D eigenvalue weighted by Gasteiger charge is -2.24. The molecule has 1 N–H and O–H groups in total. The third kappa shape index (κ3) is 3.85. The lowest BCUT2D eigenvalue weighted by molar-refractivity contribution is 0.332. The average Bonchev–Trinajstić information content (AvgIpc) is 2.62. The van der Waals surface area contributed by atoms with E-state index in [0.29, 0.717) is 0 Å². The maximum Gasteiger partial charge on any atom is 0.00924 e. The van der Waals surface area contributed by atoms with Gasteiger partial charge in [0.1, 0.15) is 0 Å². The van der Waals surface area contributed by atoms with E-state index in [9.17, 15) is 0 Å². The Morgan fingerprint density at radius 3 is 2.59 bits per heavy atom. The highest BCUT2D eigenvalue weighted by Gasteiger charge is 2.21. The van der Waals surface area contributed by atoms with Crippen LogP contribution in [0, 0.1) is 5.92 Å². The first-order valence-electron chi connectivity index (χ1n) is 7.11. The highest BCUT2D eigenvalue weighted by Crippen LogP contribution is 2.27. The predicted molar refractivity (Wildman–Crippen MR) is 74.2 cm³/mol. The van der Waals surface area contributed by atoms with Crippen molar-refractivity contribution >= 4 is 0 Å². The fourth-order valence-corrected chi connectivity index (χ4v) is 3.11. The summed E-state index contributed by atoms with van der Waals surface area (Å²) in [5.41, 5.74) is 1.49. The Balaban J connectivity index is 1.87. The summed E-state index contributed by atoms with van der Waals surface area (Å²) in [6, 6.07) is 11.7. The van der Waals surface area contributed by atoms with E-state index in [4.69, 9.17) is 0 Å². The molecule has 1 heteroatoms. The van der Waals surface area contributed by atoms with Crippen LogP contribution in [-0.4, -0.2) is 13.1 Å². The van der Waals surface area contributed by atoms with Crippen molar-refractivity contribution < 1.29 is 0 Å². The fourth-order valence-electron chi connectivity index (χ4n) is 3.11. The van der Waals surface area contributed by atoms with Crippen LogP contribution >= 0.6 is 0 Å². The average molecular weight is 231 g/mol. The Bertz CT molecular complexity index is 307. The Kier molecular flexibility index (Phi) is 5.06. The van der Waals surface area contributed by atoms with Crippen LogP contribution in [0.1, 0.15) is 44.1 Å². The summed E-state index contributed by atoms with van der Waals surface area (Å²) in [5, 5.41) is 3.53. The first kappa shape index (κ1) is 12.6. The lowest BCUT2D eigenvalue weighted by atomic mass is 9.89. The summed E-state index contributed by atoms with van der Waals surface area (Å²) in [4.78, 5) is 0. The molecule has 1 aliphatic rings. The Morgan fingerprint density at radius 1 is 1.06 bits per heavy atom. The lowest BCUT2D eigenvalue weighted by Crippen LogP contribution is -2.32. The van der Waals surface area contributed by atoms with Gasteiger partial charge in [-0.15, -0.1) is 0 Å². The van der Waals surface area contributed by atoms with Crippen LogP contribution in [0.2, 0.25) is 0 Å². The van der Waals surface area contributed by atoms with Crippen LogP contribution < -0.4 is 5.32 Å². The number of hydrogen-bond donors (Lipinski definition) is 1. The minimum absolute atomic E-state index is 0.751. The molecule has 0 aromatic heterocycles. The molecule has 1 aromatic carbocycles. The first-order chi connectivity index (χ1) is 8.40. The van der Waals surface area contributed by atoms with E-state index in [1.165, 1.54) is 50.5 Å². The zero-order valence-electron chi connectivity index (χ0n) is 11.0. The third-order valence-electron chi connectivity index (χ3n) is 4.18. The van der Waals surface area contributed by atoms with Gasteiger partial charge < -0.3 is 5.32 Å². The molecule has 1 aromatic rings. The molecule has 1 saturated carbocycles. The minimum atomic E-state index is 0.751. The van der Waals surface area contributed by atoms with Gasteiger partial charge in [-0.05, 0) is 44.2 Å². The molecule has 0 bridgehead atoms. The molecular formula is C16H25N.